The first-order valence-corrected chi connectivity index (χ1v) is 8.53. The van der Waals surface area contributed by atoms with Crippen molar-refractivity contribution in [1.29, 1.82) is 0 Å². The fourth-order valence-corrected chi connectivity index (χ4v) is 2.46. The van der Waals surface area contributed by atoms with Gasteiger partial charge in [-0.05, 0) is 30.7 Å². The molecule has 144 valence electrons. The third-order valence-electron chi connectivity index (χ3n) is 3.94. The molecule has 0 spiro atoms. The molecule has 0 aliphatic heterocycles. The molecule has 0 fully saturated rings. The molecule has 0 saturated heterocycles. The van der Waals surface area contributed by atoms with Crippen LogP contribution in [0.3, 0.4) is 0 Å². The molecule has 3 rings (SSSR count). The van der Waals surface area contributed by atoms with Crippen molar-refractivity contribution in [3.63, 3.8) is 0 Å². The van der Waals surface area contributed by atoms with Gasteiger partial charge in [-0.25, -0.2) is 0 Å². The third-order valence-corrected chi connectivity index (χ3v) is 3.94. The molecule has 28 heavy (non-hydrogen) atoms. The third kappa shape index (κ3) is 4.73. The molecule has 1 N–H and O–H groups in total. The Morgan fingerprint density at radius 3 is 2.75 bits per heavy atom. The number of rotatable bonds is 7. The highest BCUT2D eigenvalue weighted by Gasteiger charge is 2.14. The smallest absolute Gasteiger partial charge is 0.325 e. The van der Waals surface area contributed by atoms with E-state index in [1.165, 1.54) is 7.11 Å². The van der Waals surface area contributed by atoms with E-state index < -0.39 is 11.9 Å². The van der Waals surface area contributed by atoms with E-state index in [9.17, 15) is 9.59 Å². The number of methoxy groups -OCH3 is 1. The van der Waals surface area contributed by atoms with Gasteiger partial charge in [-0.3, -0.25) is 9.59 Å². The summed E-state index contributed by atoms with van der Waals surface area (Å²) in [4.78, 5) is 28.1. The molecule has 0 atom stereocenters. The molecule has 8 nitrogen and oxygen atoms in total. The van der Waals surface area contributed by atoms with Crippen LogP contribution in [-0.2, 0) is 16.1 Å². The summed E-state index contributed by atoms with van der Waals surface area (Å²) in [6.45, 7) is 1.48. The predicted molar refractivity (Wildman–Crippen MR) is 99.6 cm³/mol. The number of nitrogens with one attached hydrogen (secondary N) is 1. The molecule has 3 aromatic rings. The summed E-state index contributed by atoms with van der Waals surface area (Å²) in [5, 5.41) is 6.39. The maximum Gasteiger partial charge on any atom is 0.325 e. The van der Waals surface area contributed by atoms with E-state index in [4.69, 9.17) is 14.0 Å². The molecule has 0 bridgehead atoms. The van der Waals surface area contributed by atoms with Gasteiger partial charge in [0.2, 0.25) is 5.82 Å². The van der Waals surface area contributed by atoms with Gasteiger partial charge in [0, 0.05) is 11.1 Å². The Bertz CT molecular complexity index is 983. The number of amides is 1. The maximum atomic E-state index is 12.1. The Labute approximate surface area is 161 Å². The number of esters is 1. The minimum atomic E-state index is -0.619. The van der Waals surface area contributed by atoms with Crippen molar-refractivity contribution in [3.8, 4) is 17.1 Å². The highest BCUT2D eigenvalue weighted by Crippen LogP contribution is 2.19. The van der Waals surface area contributed by atoms with Crippen LogP contribution in [0.25, 0.3) is 11.4 Å². The number of hydrogen-bond donors (Lipinski definition) is 1. The Morgan fingerprint density at radius 1 is 1.14 bits per heavy atom. The zero-order valence-corrected chi connectivity index (χ0v) is 15.5. The fourth-order valence-electron chi connectivity index (χ4n) is 2.46. The molecule has 0 radical (unpaired) electrons. The number of hydrogen-bond acceptors (Lipinski definition) is 7. The summed E-state index contributed by atoms with van der Waals surface area (Å²) >= 11 is 0. The number of carbonyl (C=O) groups excluding carboxylic acids is 2. The van der Waals surface area contributed by atoms with Crippen molar-refractivity contribution in [2.75, 3.05) is 13.7 Å². The highest BCUT2D eigenvalue weighted by atomic mass is 16.6. The monoisotopic (exact) mass is 381 g/mol. The van der Waals surface area contributed by atoms with Crippen molar-refractivity contribution in [2.45, 2.75) is 13.5 Å². The van der Waals surface area contributed by atoms with Crippen molar-refractivity contribution < 1.29 is 23.6 Å². The van der Waals surface area contributed by atoms with Gasteiger partial charge < -0.3 is 19.3 Å². The van der Waals surface area contributed by atoms with Gasteiger partial charge in [0.25, 0.3) is 11.8 Å². The van der Waals surface area contributed by atoms with Crippen molar-refractivity contribution in [1.82, 2.24) is 15.5 Å². The van der Waals surface area contributed by atoms with Gasteiger partial charge >= 0.3 is 5.97 Å². The average Bonchev–Trinajstić information content (AvgIpc) is 3.19. The van der Waals surface area contributed by atoms with Crippen molar-refractivity contribution >= 4 is 11.9 Å². The summed E-state index contributed by atoms with van der Waals surface area (Å²) < 4.78 is 15.2. The van der Waals surface area contributed by atoms with E-state index in [1.807, 2.05) is 31.2 Å². The number of aryl methyl sites for hydroxylation is 1. The van der Waals surface area contributed by atoms with E-state index in [2.05, 4.69) is 15.5 Å². The Morgan fingerprint density at radius 2 is 1.96 bits per heavy atom. The summed E-state index contributed by atoms with van der Waals surface area (Å²) in [5.41, 5.74) is 2.23. The van der Waals surface area contributed by atoms with Gasteiger partial charge in [-0.1, -0.05) is 35.5 Å². The Hall–Kier alpha value is -3.68. The Balaban J connectivity index is 1.49. The summed E-state index contributed by atoms with van der Waals surface area (Å²) in [5.74, 6) is 0.125. The highest BCUT2D eigenvalue weighted by molar-refractivity contribution is 5.96. The number of ether oxygens (including phenoxy) is 2. The molecule has 2 aromatic carbocycles. The zero-order chi connectivity index (χ0) is 19.9. The van der Waals surface area contributed by atoms with Gasteiger partial charge in [-0.2, -0.15) is 4.98 Å². The average molecular weight is 381 g/mol. The lowest BCUT2D eigenvalue weighted by molar-refractivity contribution is -0.144. The lowest BCUT2D eigenvalue weighted by atomic mass is 10.1. The molecule has 1 heterocycles. The number of carbonyl (C=O) groups is 2. The van der Waals surface area contributed by atoms with Crippen LogP contribution in [0.15, 0.2) is 53.1 Å². The van der Waals surface area contributed by atoms with Gasteiger partial charge in [0.05, 0.1) is 7.11 Å². The number of benzene rings is 2. The topological polar surface area (TPSA) is 104 Å². The minimum Gasteiger partial charge on any atom is -0.497 e. The molecular formula is C20H19N3O5. The zero-order valence-electron chi connectivity index (χ0n) is 15.5. The largest absolute Gasteiger partial charge is 0.497 e. The Kier molecular flexibility index (Phi) is 6.01. The van der Waals surface area contributed by atoms with Crippen LogP contribution in [0.2, 0.25) is 0 Å². The second-order valence-electron chi connectivity index (χ2n) is 5.90. The van der Waals surface area contributed by atoms with E-state index in [1.54, 1.807) is 24.3 Å². The SMILES string of the molecule is COc1cccc(C(=O)NCC(=O)OCc2nc(-c3ccccc3C)no2)c1. The van der Waals surface area contributed by atoms with Crippen LogP contribution in [0.4, 0.5) is 0 Å². The summed E-state index contributed by atoms with van der Waals surface area (Å²) in [6, 6.07) is 14.2. The number of nitrogens with zero attached hydrogens (tertiary/aromatic N) is 2. The minimum absolute atomic E-state index is 0.172. The van der Waals surface area contributed by atoms with E-state index >= 15 is 0 Å². The van der Waals surface area contributed by atoms with Crippen LogP contribution in [0.1, 0.15) is 21.8 Å². The second kappa shape index (κ2) is 8.81. The quantitative estimate of drug-likeness (QED) is 0.627. The molecule has 0 saturated carbocycles. The van der Waals surface area contributed by atoms with E-state index in [0.29, 0.717) is 17.1 Å². The van der Waals surface area contributed by atoms with Crippen LogP contribution >= 0.6 is 0 Å². The molecule has 8 heteroatoms. The maximum absolute atomic E-state index is 12.1. The molecule has 1 amide bonds. The first-order valence-electron chi connectivity index (χ1n) is 8.53. The van der Waals surface area contributed by atoms with Crippen molar-refractivity contribution in [3.05, 3.63) is 65.5 Å². The molecular weight excluding hydrogens is 362 g/mol. The lowest BCUT2D eigenvalue weighted by Crippen LogP contribution is -2.30. The molecule has 0 aliphatic rings. The molecule has 1 aromatic heterocycles. The van der Waals surface area contributed by atoms with Gasteiger partial charge in [-0.15, -0.1) is 0 Å². The first-order chi connectivity index (χ1) is 13.6. The summed E-state index contributed by atoms with van der Waals surface area (Å²) in [7, 11) is 1.51. The first kappa shape index (κ1) is 19.1. The normalized spacial score (nSPS) is 10.4. The molecule has 0 aliphatic carbocycles. The summed E-state index contributed by atoms with van der Waals surface area (Å²) in [6.07, 6.45) is 0. The van der Waals surface area contributed by atoms with Gasteiger partial charge in [0.1, 0.15) is 12.3 Å². The fraction of sp³-hybridized carbons (Fsp3) is 0.200. The van der Waals surface area contributed by atoms with Gasteiger partial charge in [0.15, 0.2) is 6.61 Å². The standard InChI is InChI=1S/C20H19N3O5/c1-13-6-3-4-9-16(13)19-22-17(28-23-19)12-27-18(24)11-21-20(25)14-7-5-8-15(10-14)26-2/h3-10H,11-12H2,1-2H3,(H,21,25). The second-order valence-corrected chi connectivity index (χ2v) is 5.90. The molecule has 0 unspecified atom stereocenters. The van der Waals surface area contributed by atoms with E-state index in [0.717, 1.165) is 11.1 Å². The lowest BCUT2D eigenvalue weighted by Gasteiger charge is -2.06. The van der Waals surface area contributed by atoms with Crippen LogP contribution in [0, 0.1) is 6.92 Å². The van der Waals surface area contributed by atoms with Crippen molar-refractivity contribution in [2.24, 2.45) is 0 Å². The van der Waals surface area contributed by atoms with Crippen LogP contribution < -0.4 is 10.1 Å². The predicted octanol–water partition coefficient (Wildman–Crippen LogP) is 2.53. The van der Waals surface area contributed by atoms with Crippen LogP contribution in [0.5, 0.6) is 5.75 Å². The van der Waals surface area contributed by atoms with Crippen LogP contribution in [-0.4, -0.2) is 35.7 Å². The van der Waals surface area contributed by atoms with E-state index in [-0.39, 0.29) is 19.0 Å². The number of aromatic nitrogens is 2.